The molecule has 0 fully saturated rings. The minimum absolute atomic E-state index is 0.110. The van der Waals surface area contributed by atoms with Crippen molar-refractivity contribution in [1.82, 2.24) is 0 Å². The predicted octanol–water partition coefficient (Wildman–Crippen LogP) is 7.08. The summed E-state index contributed by atoms with van der Waals surface area (Å²) in [6.07, 6.45) is 25.3. The molecule has 24 heavy (non-hydrogen) atoms. The Balaban J connectivity index is 3.76. The van der Waals surface area contributed by atoms with Crippen molar-refractivity contribution in [1.29, 1.82) is 0 Å². The molecule has 0 radical (unpaired) electrons. The number of carbonyl (C=O) groups is 1. The molecule has 0 amide bonds. The Morgan fingerprint density at radius 1 is 0.833 bits per heavy atom. The standard InChI is InChI=1S/C22H38O2/c1-4-5-6-7-8-10-13-16-19-22(2,3)20-17-14-11-9-12-15-18-21(23)24/h9,11,16-17,19-20H,4-8,10,12-15,18H2,1-3H3,(H,23,24)/b11-9-,19-16-,20-17-. The fourth-order valence-electron chi connectivity index (χ4n) is 2.52. The zero-order valence-electron chi connectivity index (χ0n) is 16.1. The first-order valence-corrected chi connectivity index (χ1v) is 9.70. The molecule has 0 aromatic heterocycles. The highest BCUT2D eigenvalue weighted by Gasteiger charge is 2.07. The van der Waals surface area contributed by atoms with Gasteiger partial charge in [0.2, 0.25) is 0 Å². The molecular weight excluding hydrogens is 296 g/mol. The van der Waals surface area contributed by atoms with E-state index in [2.05, 4.69) is 57.2 Å². The minimum atomic E-state index is -0.710. The van der Waals surface area contributed by atoms with Crippen LogP contribution in [0, 0.1) is 5.41 Å². The van der Waals surface area contributed by atoms with E-state index in [4.69, 9.17) is 5.11 Å². The van der Waals surface area contributed by atoms with Crippen molar-refractivity contribution in [2.24, 2.45) is 5.41 Å². The van der Waals surface area contributed by atoms with Crippen molar-refractivity contribution in [3.63, 3.8) is 0 Å². The van der Waals surface area contributed by atoms with E-state index >= 15 is 0 Å². The van der Waals surface area contributed by atoms with E-state index in [-0.39, 0.29) is 11.8 Å². The summed E-state index contributed by atoms with van der Waals surface area (Å²) in [6, 6.07) is 0. The second-order valence-corrected chi connectivity index (χ2v) is 7.18. The molecule has 0 rings (SSSR count). The second kappa shape index (κ2) is 15.2. The molecule has 0 unspecified atom stereocenters. The highest BCUT2D eigenvalue weighted by molar-refractivity contribution is 5.66. The molecule has 0 aliphatic carbocycles. The van der Waals surface area contributed by atoms with Crippen molar-refractivity contribution >= 4 is 5.97 Å². The number of carboxylic acid groups (broad SMARTS) is 1. The number of aliphatic carboxylic acids is 1. The summed E-state index contributed by atoms with van der Waals surface area (Å²) >= 11 is 0. The third-order valence-electron chi connectivity index (χ3n) is 4.02. The van der Waals surface area contributed by atoms with Crippen LogP contribution in [0.15, 0.2) is 36.5 Å². The van der Waals surface area contributed by atoms with Gasteiger partial charge in [0.1, 0.15) is 0 Å². The lowest BCUT2D eigenvalue weighted by Crippen LogP contribution is -2.01. The van der Waals surface area contributed by atoms with Crippen molar-refractivity contribution in [3.05, 3.63) is 36.5 Å². The second-order valence-electron chi connectivity index (χ2n) is 7.18. The zero-order valence-corrected chi connectivity index (χ0v) is 16.1. The van der Waals surface area contributed by atoms with Crippen LogP contribution in [-0.4, -0.2) is 11.1 Å². The topological polar surface area (TPSA) is 37.3 Å². The lowest BCUT2D eigenvalue weighted by Gasteiger charge is -2.14. The molecule has 0 heterocycles. The Hall–Kier alpha value is -1.31. The summed E-state index contributed by atoms with van der Waals surface area (Å²) in [5.41, 5.74) is 0.110. The summed E-state index contributed by atoms with van der Waals surface area (Å²) in [5.74, 6) is -0.710. The summed E-state index contributed by atoms with van der Waals surface area (Å²) in [4.78, 5) is 10.4. The monoisotopic (exact) mass is 334 g/mol. The van der Waals surface area contributed by atoms with Gasteiger partial charge < -0.3 is 5.11 Å². The van der Waals surface area contributed by atoms with Gasteiger partial charge in [-0.15, -0.1) is 0 Å². The molecule has 1 N–H and O–H groups in total. The number of rotatable bonds is 15. The average molecular weight is 335 g/mol. The molecule has 0 spiro atoms. The molecule has 0 aromatic carbocycles. The van der Waals surface area contributed by atoms with Gasteiger partial charge in [0.25, 0.3) is 0 Å². The maximum Gasteiger partial charge on any atom is 0.303 e. The van der Waals surface area contributed by atoms with Crippen LogP contribution in [0.5, 0.6) is 0 Å². The lowest BCUT2D eigenvalue weighted by atomic mass is 9.91. The van der Waals surface area contributed by atoms with Crippen molar-refractivity contribution in [2.75, 3.05) is 0 Å². The Bertz CT molecular complexity index is 389. The van der Waals surface area contributed by atoms with Crippen LogP contribution in [0.2, 0.25) is 0 Å². The molecule has 0 aliphatic rings. The van der Waals surface area contributed by atoms with Gasteiger partial charge in [-0.05, 0) is 32.1 Å². The summed E-state index contributed by atoms with van der Waals surface area (Å²) in [5, 5.41) is 8.55. The minimum Gasteiger partial charge on any atom is -0.481 e. The first-order chi connectivity index (χ1) is 11.5. The van der Waals surface area contributed by atoms with Crippen molar-refractivity contribution in [3.8, 4) is 0 Å². The quantitative estimate of drug-likeness (QED) is 0.257. The van der Waals surface area contributed by atoms with E-state index in [1.54, 1.807) is 0 Å². The molecule has 0 atom stereocenters. The zero-order chi connectivity index (χ0) is 18.1. The first-order valence-electron chi connectivity index (χ1n) is 9.70. The van der Waals surface area contributed by atoms with Gasteiger partial charge in [0.15, 0.2) is 0 Å². The van der Waals surface area contributed by atoms with Crippen LogP contribution in [0.25, 0.3) is 0 Å². The molecule has 0 saturated heterocycles. The van der Waals surface area contributed by atoms with E-state index in [9.17, 15) is 4.79 Å². The van der Waals surface area contributed by atoms with Crippen molar-refractivity contribution < 1.29 is 9.90 Å². The van der Waals surface area contributed by atoms with Gasteiger partial charge in [-0.1, -0.05) is 89.3 Å². The van der Waals surface area contributed by atoms with E-state index in [1.807, 2.05) is 0 Å². The fraction of sp³-hybridized carbons (Fsp3) is 0.682. The number of unbranched alkanes of at least 4 members (excludes halogenated alkanes) is 7. The molecular formula is C22H38O2. The fourth-order valence-corrected chi connectivity index (χ4v) is 2.52. The Morgan fingerprint density at radius 3 is 2.17 bits per heavy atom. The van der Waals surface area contributed by atoms with E-state index in [0.29, 0.717) is 0 Å². The van der Waals surface area contributed by atoms with Gasteiger partial charge in [-0.2, -0.15) is 0 Å². The number of allylic oxidation sites excluding steroid dienone is 6. The molecule has 0 saturated carbocycles. The summed E-state index contributed by atoms with van der Waals surface area (Å²) in [6.45, 7) is 6.73. The van der Waals surface area contributed by atoms with Crippen LogP contribution in [0.3, 0.4) is 0 Å². The van der Waals surface area contributed by atoms with Gasteiger partial charge >= 0.3 is 5.97 Å². The molecule has 0 aromatic rings. The van der Waals surface area contributed by atoms with Gasteiger partial charge in [-0.25, -0.2) is 0 Å². The smallest absolute Gasteiger partial charge is 0.303 e. The van der Waals surface area contributed by atoms with Crippen molar-refractivity contribution in [2.45, 2.75) is 91.4 Å². The Labute approximate surface area is 149 Å². The molecule has 0 bridgehead atoms. The Kier molecular flexibility index (Phi) is 14.4. The number of hydrogen-bond acceptors (Lipinski definition) is 1. The SMILES string of the molecule is CCCCCCCC/C=C\C(C)(C)/C=C\C/C=C\CCCC(=O)O. The van der Waals surface area contributed by atoms with Gasteiger partial charge in [-0.3, -0.25) is 4.79 Å². The van der Waals surface area contributed by atoms with Gasteiger partial charge in [0.05, 0.1) is 0 Å². The largest absolute Gasteiger partial charge is 0.481 e. The average Bonchev–Trinajstić information content (AvgIpc) is 2.52. The summed E-state index contributed by atoms with van der Waals surface area (Å²) < 4.78 is 0. The van der Waals surface area contributed by atoms with Crippen LogP contribution in [-0.2, 0) is 4.79 Å². The molecule has 138 valence electrons. The lowest BCUT2D eigenvalue weighted by molar-refractivity contribution is -0.137. The number of carboxylic acids is 1. The van der Waals surface area contributed by atoms with Crippen LogP contribution >= 0.6 is 0 Å². The summed E-state index contributed by atoms with van der Waals surface area (Å²) in [7, 11) is 0. The third-order valence-corrected chi connectivity index (χ3v) is 4.02. The molecule has 2 heteroatoms. The highest BCUT2D eigenvalue weighted by Crippen LogP contribution is 2.20. The van der Waals surface area contributed by atoms with E-state index < -0.39 is 5.97 Å². The predicted molar refractivity (Wildman–Crippen MR) is 105 cm³/mol. The van der Waals surface area contributed by atoms with Crippen LogP contribution in [0.4, 0.5) is 0 Å². The van der Waals surface area contributed by atoms with Crippen LogP contribution in [0.1, 0.15) is 91.4 Å². The Morgan fingerprint density at radius 2 is 1.46 bits per heavy atom. The molecule has 2 nitrogen and oxygen atoms in total. The van der Waals surface area contributed by atoms with E-state index in [1.165, 1.54) is 44.9 Å². The van der Waals surface area contributed by atoms with Gasteiger partial charge in [0, 0.05) is 11.8 Å². The highest BCUT2D eigenvalue weighted by atomic mass is 16.4. The van der Waals surface area contributed by atoms with Crippen LogP contribution < -0.4 is 0 Å². The maximum atomic E-state index is 10.4. The molecule has 0 aliphatic heterocycles. The maximum absolute atomic E-state index is 10.4. The van der Waals surface area contributed by atoms with E-state index in [0.717, 1.165) is 19.3 Å². The number of hydrogen-bond donors (Lipinski definition) is 1. The first kappa shape index (κ1) is 22.7. The third kappa shape index (κ3) is 17.1. The normalized spacial score (nSPS) is 12.8.